The number of rotatable bonds is 3. The molecule has 76 valence electrons. The van der Waals surface area contributed by atoms with Crippen LogP contribution in [-0.2, 0) is 0 Å². The van der Waals surface area contributed by atoms with Crippen LogP contribution >= 0.6 is 11.6 Å². The van der Waals surface area contributed by atoms with Gasteiger partial charge in [-0.1, -0.05) is 29.8 Å². The molecular formula is C11H9ClN2O. The van der Waals surface area contributed by atoms with E-state index in [1.807, 2.05) is 30.3 Å². The highest BCUT2D eigenvalue weighted by Crippen LogP contribution is 2.08. The molecule has 2 rings (SSSR count). The molecule has 0 amide bonds. The lowest BCUT2D eigenvalue weighted by atomic mass is 10.3. The summed E-state index contributed by atoms with van der Waals surface area (Å²) in [6.45, 7) is 0. The summed E-state index contributed by atoms with van der Waals surface area (Å²) in [6, 6.07) is 13.1. The monoisotopic (exact) mass is 220 g/mol. The number of hydrogen-bond acceptors (Lipinski definition) is 3. The van der Waals surface area contributed by atoms with E-state index in [2.05, 4.69) is 10.5 Å². The molecule has 0 aliphatic rings. The third-order valence-electron chi connectivity index (χ3n) is 1.78. The van der Waals surface area contributed by atoms with Gasteiger partial charge in [-0.25, -0.2) is 0 Å². The third-order valence-corrected chi connectivity index (χ3v) is 2.05. The Balaban J connectivity index is 2.06. The number of para-hydroxylation sites is 1. The largest absolute Gasteiger partial charge is 0.462 e. The minimum atomic E-state index is 0.295. The first-order valence-electron chi connectivity index (χ1n) is 4.44. The molecule has 3 nitrogen and oxygen atoms in total. The molecule has 0 aliphatic heterocycles. The number of furan rings is 1. The summed E-state index contributed by atoms with van der Waals surface area (Å²) in [6.07, 6.45) is 1.55. The van der Waals surface area contributed by atoms with Gasteiger partial charge in [-0.2, -0.15) is 5.10 Å². The van der Waals surface area contributed by atoms with E-state index in [1.54, 1.807) is 18.4 Å². The Morgan fingerprint density at radius 3 is 2.60 bits per heavy atom. The molecule has 15 heavy (non-hydrogen) atoms. The number of anilines is 1. The van der Waals surface area contributed by atoms with Gasteiger partial charge in [0.15, 0.2) is 10.9 Å². The lowest BCUT2D eigenvalue weighted by molar-refractivity contribution is 0.559. The maximum atomic E-state index is 5.89. The topological polar surface area (TPSA) is 37.5 Å². The van der Waals surface area contributed by atoms with Gasteiger partial charge in [0.05, 0.1) is 12.0 Å². The Morgan fingerprint density at radius 2 is 1.93 bits per heavy atom. The fourth-order valence-electron chi connectivity index (χ4n) is 1.08. The van der Waals surface area contributed by atoms with Crippen molar-refractivity contribution in [3.05, 3.63) is 54.5 Å². The molecular weight excluding hydrogens is 212 g/mol. The lowest BCUT2D eigenvalue weighted by Gasteiger charge is -1.99. The zero-order chi connectivity index (χ0) is 10.5. The van der Waals surface area contributed by atoms with Gasteiger partial charge in [-0.15, -0.1) is 0 Å². The van der Waals surface area contributed by atoms with Gasteiger partial charge in [-0.05, 0) is 24.3 Å². The van der Waals surface area contributed by atoms with Crippen molar-refractivity contribution >= 4 is 22.5 Å². The van der Waals surface area contributed by atoms with Crippen LogP contribution in [0.1, 0.15) is 5.76 Å². The van der Waals surface area contributed by atoms with Gasteiger partial charge >= 0.3 is 0 Å². The summed E-state index contributed by atoms with van der Waals surface area (Å²) in [4.78, 5) is 0. The molecule has 0 spiro atoms. The molecule has 0 radical (unpaired) electrons. The lowest BCUT2D eigenvalue weighted by Crippen LogP contribution is -1.95. The number of hydrazone groups is 1. The molecule has 1 heterocycles. The number of nitrogens with zero attached hydrogens (tertiary/aromatic N) is 1. The second-order valence-electron chi connectivity index (χ2n) is 2.86. The average molecular weight is 221 g/mol. The molecule has 0 unspecified atom stereocenters. The highest BCUT2D eigenvalue weighted by molar-refractivity contribution is 6.69. The maximum absolute atomic E-state index is 5.89. The van der Waals surface area contributed by atoms with Crippen molar-refractivity contribution in [1.29, 1.82) is 0 Å². The zero-order valence-electron chi connectivity index (χ0n) is 7.85. The van der Waals surface area contributed by atoms with Crippen molar-refractivity contribution in [1.82, 2.24) is 0 Å². The normalized spacial score (nSPS) is 11.4. The molecule has 1 N–H and O–H groups in total. The van der Waals surface area contributed by atoms with E-state index >= 15 is 0 Å². The Hall–Kier alpha value is -1.74. The van der Waals surface area contributed by atoms with Crippen LogP contribution in [0.3, 0.4) is 0 Å². The van der Waals surface area contributed by atoms with Crippen LogP contribution < -0.4 is 5.43 Å². The van der Waals surface area contributed by atoms with Gasteiger partial charge in [0.1, 0.15) is 0 Å². The number of benzene rings is 1. The highest BCUT2D eigenvalue weighted by Gasteiger charge is 2.01. The first-order chi connectivity index (χ1) is 7.36. The fourth-order valence-corrected chi connectivity index (χ4v) is 1.23. The van der Waals surface area contributed by atoms with Gasteiger partial charge in [0.2, 0.25) is 0 Å². The zero-order valence-corrected chi connectivity index (χ0v) is 8.61. The predicted molar refractivity (Wildman–Crippen MR) is 61.2 cm³/mol. The van der Waals surface area contributed by atoms with Crippen molar-refractivity contribution < 1.29 is 4.42 Å². The van der Waals surface area contributed by atoms with E-state index in [0.29, 0.717) is 10.9 Å². The summed E-state index contributed by atoms with van der Waals surface area (Å²) in [5.74, 6) is 0.542. The maximum Gasteiger partial charge on any atom is 0.191 e. The van der Waals surface area contributed by atoms with Crippen molar-refractivity contribution in [3.63, 3.8) is 0 Å². The molecule has 0 saturated carbocycles. The summed E-state index contributed by atoms with van der Waals surface area (Å²) in [7, 11) is 0. The Kier molecular flexibility index (Phi) is 3.05. The van der Waals surface area contributed by atoms with Gasteiger partial charge in [0, 0.05) is 0 Å². The minimum Gasteiger partial charge on any atom is -0.462 e. The first-order valence-corrected chi connectivity index (χ1v) is 4.82. The van der Waals surface area contributed by atoms with Gasteiger partial charge in [0.25, 0.3) is 0 Å². The number of hydrogen-bond donors (Lipinski definition) is 1. The summed E-state index contributed by atoms with van der Waals surface area (Å²) in [5.41, 5.74) is 3.71. The van der Waals surface area contributed by atoms with E-state index in [-0.39, 0.29) is 0 Å². The molecule has 0 aliphatic carbocycles. The second kappa shape index (κ2) is 4.66. The highest BCUT2D eigenvalue weighted by atomic mass is 35.5. The molecule has 1 aromatic heterocycles. The van der Waals surface area contributed by atoms with Gasteiger partial charge < -0.3 is 4.42 Å². The van der Waals surface area contributed by atoms with Crippen LogP contribution in [0.25, 0.3) is 0 Å². The van der Waals surface area contributed by atoms with Crippen LogP contribution in [0.2, 0.25) is 0 Å². The molecule has 0 bridgehead atoms. The van der Waals surface area contributed by atoms with Crippen LogP contribution in [0.4, 0.5) is 5.69 Å². The molecule has 4 heteroatoms. The predicted octanol–water partition coefficient (Wildman–Crippen LogP) is 3.29. The van der Waals surface area contributed by atoms with Crippen molar-refractivity contribution in [2.24, 2.45) is 5.10 Å². The second-order valence-corrected chi connectivity index (χ2v) is 3.22. The number of nitrogens with one attached hydrogen (secondary N) is 1. The Labute approximate surface area is 92.4 Å². The van der Waals surface area contributed by atoms with Gasteiger partial charge in [-0.3, -0.25) is 5.43 Å². The molecule has 2 aromatic rings. The van der Waals surface area contributed by atoms with Crippen molar-refractivity contribution in [3.8, 4) is 0 Å². The van der Waals surface area contributed by atoms with E-state index < -0.39 is 0 Å². The third kappa shape index (κ3) is 2.60. The molecule has 0 saturated heterocycles. The van der Waals surface area contributed by atoms with Crippen LogP contribution in [0, 0.1) is 0 Å². The minimum absolute atomic E-state index is 0.295. The smallest absolute Gasteiger partial charge is 0.191 e. The van der Waals surface area contributed by atoms with Crippen molar-refractivity contribution in [2.75, 3.05) is 5.43 Å². The molecule has 0 atom stereocenters. The Bertz CT molecular complexity index is 437. The SMILES string of the molecule is Cl/C(=N\Nc1ccccc1)c1ccco1. The quantitative estimate of drug-likeness (QED) is 0.637. The molecule has 1 aromatic carbocycles. The first kappa shape index (κ1) is 9.80. The number of halogens is 1. The average Bonchev–Trinajstić information content (AvgIpc) is 2.81. The Morgan fingerprint density at radius 1 is 1.13 bits per heavy atom. The van der Waals surface area contributed by atoms with E-state index in [0.717, 1.165) is 5.69 Å². The van der Waals surface area contributed by atoms with E-state index in [4.69, 9.17) is 16.0 Å². The van der Waals surface area contributed by atoms with E-state index in [1.165, 1.54) is 0 Å². The summed E-state index contributed by atoms with van der Waals surface area (Å²) >= 11 is 5.89. The fraction of sp³-hybridized carbons (Fsp3) is 0. The van der Waals surface area contributed by atoms with E-state index in [9.17, 15) is 0 Å². The van der Waals surface area contributed by atoms with Crippen LogP contribution in [0.15, 0.2) is 58.2 Å². The van der Waals surface area contributed by atoms with Crippen molar-refractivity contribution in [2.45, 2.75) is 0 Å². The van der Waals surface area contributed by atoms with Crippen LogP contribution in [-0.4, -0.2) is 5.17 Å². The summed E-state index contributed by atoms with van der Waals surface area (Å²) < 4.78 is 5.08. The van der Waals surface area contributed by atoms with Crippen LogP contribution in [0.5, 0.6) is 0 Å². The summed E-state index contributed by atoms with van der Waals surface area (Å²) in [5, 5.41) is 4.27. The standard InChI is InChI=1S/C11H9ClN2O/c12-11(10-7-4-8-15-10)14-13-9-5-2-1-3-6-9/h1-8,13H/b14-11-. The molecule has 0 fully saturated rings.